The minimum Gasteiger partial charge on any atom is -0.345 e. The molecule has 0 bridgehead atoms. The monoisotopic (exact) mass is 437 g/mol. The second-order valence-corrected chi connectivity index (χ2v) is 8.31. The molecule has 158 valence electrons. The number of hydrogen-bond acceptors (Lipinski definition) is 6. The number of nitrogens with zero attached hydrogens (tertiary/aromatic N) is 2. The molecule has 2 unspecified atom stereocenters. The average molecular weight is 437 g/mol. The molecule has 1 saturated heterocycles. The van der Waals surface area contributed by atoms with E-state index in [1.807, 2.05) is 0 Å². The number of rotatable bonds is 5. The standard InChI is InChI=1S/C19H18F3N5O2S/c20-19(21,22)30-12-4-2-11(3-5-12)18(6-7-18)27-17(29)13-10-14(28)26-16(25-13)15-23-8-1-9-24-15/h1-5,8-9,13,16,25H,6-7,10H2,(H,26,28)(H,27,29). The van der Waals surface area contributed by atoms with E-state index in [4.69, 9.17) is 0 Å². The van der Waals surface area contributed by atoms with Crippen molar-refractivity contribution in [1.29, 1.82) is 0 Å². The third-order valence-electron chi connectivity index (χ3n) is 4.98. The highest BCUT2D eigenvalue weighted by Crippen LogP contribution is 2.46. The zero-order valence-electron chi connectivity index (χ0n) is 15.6. The van der Waals surface area contributed by atoms with Gasteiger partial charge in [0, 0.05) is 17.3 Å². The van der Waals surface area contributed by atoms with Gasteiger partial charge in [-0.25, -0.2) is 9.97 Å². The third kappa shape index (κ3) is 4.73. The molecule has 7 nitrogen and oxygen atoms in total. The molecule has 1 aliphatic heterocycles. The van der Waals surface area contributed by atoms with Crippen LogP contribution in [0.25, 0.3) is 0 Å². The number of halogens is 3. The van der Waals surface area contributed by atoms with Gasteiger partial charge in [-0.15, -0.1) is 0 Å². The normalized spacial score (nSPS) is 22.8. The molecule has 1 aliphatic carbocycles. The molecule has 2 amide bonds. The van der Waals surface area contributed by atoms with Crippen LogP contribution < -0.4 is 16.0 Å². The Bertz CT molecular complexity index is 935. The van der Waals surface area contributed by atoms with E-state index in [2.05, 4.69) is 25.9 Å². The third-order valence-corrected chi connectivity index (χ3v) is 5.72. The highest BCUT2D eigenvalue weighted by molar-refractivity contribution is 8.00. The van der Waals surface area contributed by atoms with E-state index in [1.54, 1.807) is 30.6 Å². The molecule has 2 aliphatic rings. The summed E-state index contributed by atoms with van der Waals surface area (Å²) in [4.78, 5) is 33.2. The fraction of sp³-hybridized carbons (Fsp3) is 0.368. The molecular weight excluding hydrogens is 419 g/mol. The van der Waals surface area contributed by atoms with Crippen LogP contribution in [0.4, 0.5) is 13.2 Å². The van der Waals surface area contributed by atoms with Crippen LogP contribution in [0.5, 0.6) is 0 Å². The van der Waals surface area contributed by atoms with E-state index in [9.17, 15) is 22.8 Å². The van der Waals surface area contributed by atoms with Crippen molar-refractivity contribution in [2.75, 3.05) is 0 Å². The minimum absolute atomic E-state index is 0.0353. The van der Waals surface area contributed by atoms with Gasteiger partial charge < -0.3 is 10.6 Å². The van der Waals surface area contributed by atoms with Crippen molar-refractivity contribution in [2.24, 2.45) is 0 Å². The maximum atomic E-state index is 12.9. The van der Waals surface area contributed by atoms with Crippen LogP contribution in [0.1, 0.15) is 36.8 Å². The molecule has 2 atom stereocenters. The van der Waals surface area contributed by atoms with Gasteiger partial charge in [0.25, 0.3) is 0 Å². The summed E-state index contributed by atoms with van der Waals surface area (Å²) in [6, 6.07) is 6.87. The van der Waals surface area contributed by atoms with Crippen molar-refractivity contribution >= 4 is 23.6 Å². The Hall–Kier alpha value is -2.66. The van der Waals surface area contributed by atoms with Gasteiger partial charge >= 0.3 is 5.51 Å². The summed E-state index contributed by atoms with van der Waals surface area (Å²) in [6.07, 6.45) is 3.71. The second kappa shape index (κ2) is 7.88. The molecule has 3 N–H and O–H groups in total. The number of aromatic nitrogens is 2. The van der Waals surface area contributed by atoms with Gasteiger partial charge in [-0.3, -0.25) is 14.9 Å². The van der Waals surface area contributed by atoms with Gasteiger partial charge in [0.1, 0.15) is 6.17 Å². The second-order valence-electron chi connectivity index (χ2n) is 7.17. The predicted molar refractivity (Wildman–Crippen MR) is 102 cm³/mol. The molecule has 30 heavy (non-hydrogen) atoms. The largest absolute Gasteiger partial charge is 0.446 e. The minimum atomic E-state index is -4.35. The topological polar surface area (TPSA) is 96.0 Å². The van der Waals surface area contributed by atoms with E-state index in [0.29, 0.717) is 18.7 Å². The highest BCUT2D eigenvalue weighted by atomic mass is 32.2. The first-order valence-electron chi connectivity index (χ1n) is 9.25. The number of nitrogens with one attached hydrogen (secondary N) is 3. The molecule has 2 aromatic rings. The van der Waals surface area contributed by atoms with Crippen LogP contribution in [0.3, 0.4) is 0 Å². The van der Waals surface area contributed by atoms with Gasteiger partial charge in [0.05, 0.1) is 18.0 Å². The van der Waals surface area contributed by atoms with Gasteiger partial charge in [-0.05, 0) is 48.4 Å². The molecule has 0 spiro atoms. The number of thioether (sulfide) groups is 1. The average Bonchev–Trinajstić information content (AvgIpc) is 3.48. The summed E-state index contributed by atoms with van der Waals surface area (Å²) in [5.74, 6) is -0.302. The zero-order chi connectivity index (χ0) is 21.4. The Balaban J connectivity index is 1.43. The van der Waals surface area contributed by atoms with Crippen LogP contribution in [0.15, 0.2) is 47.6 Å². The van der Waals surface area contributed by atoms with Crippen LogP contribution in [-0.2, 0) is 15.1 Å². The van der Waals surface area contributed by atoms with Crippen molar-refractivity contribution in [3.8, 4) is 0 Å². The van der Waals surface area contributed by atoms with Gasteiger partial charge in [-0.2, -0.15) is 13.2 Å². The number of benzene rings is 1. The van der Waals surface area contributed by atoms with E-state index >= 15 is 0 Å². The highest BCUT2D eigenvalue weighted by Gasteiger charge is 2.47. The Kier molecular flexibility index (Phi) is 5.41. The SMILES string of the molecule is O=C1CC(C(=O)NC2(c3ccc(SC(F)(F)F)cc3)CC2)NC(c2ncccn2)N1. The van der Waals surface area contributed by atoms with Crippen LogP contribution in [-0.4, -0.2) is 33.3 Å². The van der Waals surface area contributed by atoms with E-state index in [0.717, 1.165) is 5.56 Å². The lowest BCUT2D eigenvalue weighted by Crippen LogP contribution is -2.57. The molecular formula is C19H18F3N5O2S. The van der Waals surface area contributed by atoms with Crippen molar-refractivity contribution in [3.05, 3.63) is 54.1 Å². The Morgan fingerprint density at radius 2 is 1.83 bits per heavy atom. The molecule has 4 rings (SSSR count). The maximum absolute atomic E-state index is 12.9. The van der Waals surface area contributed by atoms with E-state index < -0.39 is 23.3 Å². The Morgan fingerprint density at radius 1 is 1.17 bits per heavy atom. The summed E-state index contributed by atoms with van der Waals surface area (Å²) in [7, 11) is 0. The molecule has 2 heterocycles. The molecule has 0 radical (unpaired) electrons. The molecule has 1 saturated carbocycles. The number of hydrogen-bond donors (Lipinski definition) is 3. The van der Waals surface area contributed by atoms with Crippen LogP contribution in [0.2, 0.25) is 0 Å². The smallest absolute Gasteiger partial charge is 0.345 e. The number of carbonyl (C=O) groups is 2. The van der Waals surface area contributed by atoms with Crippen LogP contribution >= 0.6 is 11.8 Å². The lowest BCUT2D eigenvalue weighted by molar-refractivity contribution is -0.132. The molecule has 2 fully saturated rings. The maximum Gasteiger partial charge on any atom is 0.446 e. The van der Waals surface area contributed by atoms with Crippen molar-refractivity contribution in [3.63, 3.8) is 0 Å². The molecule has 11 heteroatoms. The number of amides is 2. The number of alkyl halides is 3. The fourth-order valence-electron chi connectivity index (χ4n) is 3.38. The van der Waals surface area contributed by atoms with Gasteiger partial charge in [-0.1, -0.05) is 12.1 Å². The zero-order valence-corrected chi connectivity index (χ0v) is 16.4. The summed E-state index contributed by atoms with van der Waals surface area (Å²) in [5, 5.41) is 8.70. The first kappa shape index (κ1) is 20.6. The van der Waals surface area contributed by atoms with Gasteiger partial charge in [0.2, 0.25) is 11.8 Å². The first-order valence-corrected chi connectivity index (χ1v) is 10.1. The lowest BCUT2D eigenvalue weighted by Gasteiger charge is -2.31. The fourth-order valence-corrected chi connectivity index (χ4v) is 3.92. The summed E-state index contributed by atoms with van der Waals surface area (Å²) in [5.41, 5.74) is -4.22. The van der Waals surface area contributed by atoms with E-state index in [1.165, 1.54) is 12.1 Å². The summed E-state index contributed by atoms with van der Waals surface area (Å²) in [6.45, 7) is 0. The van der Waals surface area contributed by atoms with Crippen molar-refractivity contribution < 1.29 is 22.8 Å². The van der Waals surface area contributed by atoms with Crippen LogP contribution in [0, 0.1) is 0 Å². The first-order chi connectivity index (χ1) is 14.2. The predicted octanol–water partition coefficient (Wildman–Crippen LogP) is 2.37. The van der Waals surface area contributed by atoms with E-state index in [-0.39, 0.29) is 34.9 Å². The van der Waals surface area contributed by atoms with Crippen molar-refractivity contribution in [2.45, 2.75) is 47.4 Å². The quantitative estimate of drug-likeness (QED) is 0.622. The van der Waals surface area contributed by atoms with Crippen molar-refractivity contribution in [1.82, 2.24) is 25.9 Å². The molecule has 1 aromatic heterocycles. The van der Waals surface area contributed by atoms with Gasteiger partial charge in [0.15, 0.2) is 5.82 Å². The summed E-state index contributed by atoms with van der Waals surface area (Å²) >= 11 is -0.178. The Morgan fingerprint density at radius 3 is 2.43 bits per heavy atom. The number of carbonyl (C=O) groups excluding carboxylic acids is 2. The molecule has 1 aromatic carbocycles. The lowest BCUT2D eigenvalue weighted by atomic mass is 10.0. The Labute approximate surface area is 174 Å². The summed E-state index contributed by atoms with van der Waals surface area (Å²) < 4.78 is 37.5.